The monoisotopic (exact) mass is 382 g/mol. The summed E-state index contributed by atoms with van der Waals surface area (Å²) in [5, 5.41) is 7.35. The van der Waals surface area contributed by atoms with Gasteiger partial charge in [-0.25, -0.2) is 4.68 Å². The Morgan fingerprint density at radius 1 is 1.11 bits per heavy atom. The van der Waals surface area contributed by atoms with Gasteiger partial charge in [-0.1, -0.05) is 37.3 Å². The van der Waals surface area contributed by atoms with E-state index in [2.05, 4.69) is 22.2 Å². The minimum absolute atomic E-state index is 0.0360. The molecule has 1 aliphatic rings. The van der Waals surface area contributed by atoms with Crippen molar-refractivity contribution in [1.29, 1.82) is 0 Å². The van der Waals surface area contributed by atoms with E-state index in [4.69, 9.17) is 0 Å². The molecule has 0 bridgehead atoms. The second-order valence-electron chi connectivity index (χ2n) is 7.62. The van der Waals surface area contributed by atoms with Crippen LogP contribution in [0.1, 0.15) is 32.6 Å². The first kappa shape index (κ1) is 20.3. The molecular formula is C22H30N4O2. The van der Waals surface area contributed by atoms with Gasteiger partial charge in [-0.15, -0.1) is 0 Å². The van der Waals surface area contributed by atoms with Crippen LogP contribution in [0.15, 0.2) is 47.3 Å². The number of nitrogens with zero attached hydrogens (tertiary/aromatic N) is 3. The molecule has 1 aromatic carbocycles. The van der Waals surface area contributed by atoms with E-state index in [-0.39, 0.29) is 24.4 Å². The normalized spacial score (nSPS) is 15.5. The van der Waals surface area contributed by atoms with Gasteiger partial charge in [-0.3, -0.25) is 9.59 Å². The molecule has 28 heavy (non-hydrogen) atoms. The molecule has 1 fully saturated rings. The standard InChI is InChI=1S/C22H30N4O2/c1-18-10-15-25(16-11-18)14-5-13-23-21(27)12-17-26-22(28)9-8-20(24-26)19-6-3-2-4-7-19/h2-4,6-9,18H,5,10-17H2,1H3,(H,23,27). The number of rotatable bonds is 8. The van der Waals surface area contributed by atoms with Gasteiger partial charge in [-0.05, 0) is 50.9 Å². The topological polar surface area (TPSA) is 67.2 Å². The SMILES string of the molecule is CC1CCN(CCCNC(=O)CCn2nc(-c3ccccc3)ccc2=O)CC1. The van der Waals surface area contributed by atoms with E-state index < -0.39 is 0 Å². The summed E-state index contributed by atoms with van der Waals surface area (Å²) in [5.41, 5.74) is 1.50. The van der Waals surface area contributed by atoms with E-state index >= 15 is 0 Å². The number of aromatic nitrogens is 2. The van der Waals surface area contributed by atoms with Crippen molar-refractivity contribution in [3.63, 3.8) is 0 Å². The summed E-state index contributed by atoms with van der Waals surface area (Å²) >= 11 is 0. The second kappa shape index (κ2) is 10.2. The maximum atomic E-state index is 12.1. The lowest BCUT2D eigenvalue weighted by molar-refractivity contribution is -0.121. The number of carbonyl (C=O) groups is 1. The highest BCUT2D eigenvalue weighted by molar-refractivity contribution is 5.75. The van der Waals surface area contributed by atoms with E-state index in [0.29, 0.717) is 6.54 Å². The van der Waals surface area contributed by atoms with Gasteiger partial charge in [0.1, 0.15) is 0 Å². The number of nitrogens with one attached hydrogen (secondary N) is 1. The lowest BCUT2D eigenvalue weighted by Crippen LogP contribution is -2.35. The van der Waals surface area contributed by atoms with Gasteiger partial charge in [0, 0.05) is 24.6 Å². The van der Waals surface area contributed by atoms with Crippen LogP contribution in [-0.2, 0) is 11.3 Å². The Kier molecular flexibility index (Phi) is 7.37. The highest BCUT2D eigenvalue weighted by Gasteiger charge is 2.14. The molecule has 0 atom stereocenters. The second-order valence-corrected chi connectivity index (χ2v) is 7.62. The number of hydrogen-bond donors (Lipinski definition) is 1. The molecule has 6 nitrogen and oxygen atoms in total. The van der Waals surface area contributed by atoms with Crippen LogP contribution in [0, 0.1) is 5.92 Å². The summed E-state index contributed by atoms with van der Waals surface area (Å²) in [7, 11) is 0. The van der Waals surface area contributed by atoms with E-state index in [9.17, 15) is 9.59 Å². The van der Waals surface area contributed by atoms with Crippen LogP contribution in [0.2, 0.25) is 0 Å². The quantitative estimate of drug-likeness (QED) is 0.713. The van der Waals surface area contributed by atoms with Crippen LogP contribution in [0.3, 0.4) is 0 Å². The fraction of sp³-hybridized carbons (Fsp3) is 0.500. The number of amides is 1. The smallest absolute Gasteiger partial charge is 0.266 e. The summed E-state index contributed by atoms with van der Waals surface area (Å²) in [6.07, 6.45) is 3.76. The number of aryl methyl sites for hydroxylation is 1. The Hall–Kier alpha value is -2.47. The average molecular weight is 383 g/mol. The first-order chi connectivity index (χ1) is 13.6. The lowest BCUT2D eigenvalue weighted by atomic mass is 9.99. The van der Waals surface area contributed by atoms with Gasteiger partial charge in [0.25, 0.3) is 5.56 Å². The third-order valence-electron chi connectivity index (χ3n) is 5.34. The minimum Gasteiger partial charge on any atom is -0.356 e. The van der Waals surface area contributed by atoms with Gasteiger partial charge >= 0.3 is 0 Å². The van der Waals surface area contributed by atoms with Gasteiger partial charge in [-0.2, -0.15) is 5.10 Å². The number of hydrogen-bond acceptors (Lipinski definition) is 4. The van der Waals surface area contributed by atoms with E-state index in [1.807, 2.05) is 30.3 Å². The van der Waals surface area contributed by atoms with Crippen molar-refractivity contribution in [2.45, 2.75) is 39.2 Å². The fourth-order valence-electron chi connectivity index (χ4n) is 3.48. The molecule has 1 amide bonds. The van der Waals surface area contributed by atoms with Crippen molar-refractivity contribution in [2.75, 3.05) is 26.2 Å². The molecule has 1 saturated heterocycles. The number of carbonyl (C=O) groups excluding carboxylic acids is 1. The molecule has 6 heteroatoms. The van der Waals surface area contributed by atoms with Gasteiger partial charge < -0.3 is 10.2 Å². The summed E-state index contributed by atoms with van der Waals surface area (Å²) < 4.78 is 1.37. The number of benzene rings is 1. The highest BCUT2D eigenvalue weighted by Crippen LogP contribution is 2.16. The number of likely N-dealkylation sites (tertiary alicyclic amines) is 1. The van der Waals surface area contributed by atoms with Crippen LogP contribution in [0.25, 0.3) is 11.3 Å². The molecule has 2 heterocycles. The van der Waals surface area contributed by atoms with Crippen LogP contribution in [-0.4, -0.2) is 46.8 Å². The molecule has 3 rings (SSSR count). The third-order valence-corrected chi connectivity index (χ3v) is 5.34. The predicted octanol–water partition coefficient (Wildman–Crippen LogP) is 2.54. The van der Waals surface area contributed by atoms with Crippen LogP contribution in [0.4, 0.5) is 0 Å². The first-order valence-corrected chi connectivity index (χ1v) is 10.2. The van der Waals surface area contributed by atoms with Crippen LogP contribution in [0.5, 0.6) is 0 Å². The highest BCUT2D eigenvalue weighted by atomic mass is 16.2. The molecule has 0 saturated carbocycles. The Balaban J connectivity index is 1.41. The Morgan fingerprint density at radius 3 is 2.61 bits per heavy atom. The van der Waals surface area contributed by atoms with Gasteiger partial charge in [0.2, 0.25) is 5.91 Å². The fourth-order valence-corrected chi connectivity index (χ4v) is 3.48. The summed E-state index contributed by atoms with van der Waals surface area (Å²) in [6.45, 7) is 6.65. The average Bonchev–Trinajstić information content (AvgIpc) is 2.72. The molecule has 150 valence electrons. The van der Waals surface area contributed by atoms with Crippen LogP contribution >= 0.6 is 0 Å². The van der Waals surface area contributed by atoms with Crippen molar-refractivity contribution in [2.24, 2.45) is 5.92 Å². The zero-order valence-electron chi connectivity index (χ0n) is 16.6. The zero-order valence-corrected chi connectivity index (χ0v) is 16.6. The Labute approximate surface area is 166 Å². The summed E-state index contributed by atoms with van der Waals surface area (Å²) in [5.74, 6) is 0.805. The molecule has 0 unspecified atom stereocenters. The maximum absolute atomic E-state index is 12.1. The molecule has 2 aromatic rings. The zero-order chi connectivity index (χ0) is 19.8. The van der Waals surface area contributed by atoms with Crippen LogP contribution < -0.4 is 10.9 Å². The molecule has 1 N–H and O–H groups in total. The summed E-state index contributed by atoms with van der Waals surface area (Å²) in [6, 6.07) is 12.9. The van der Waals surface area contributed by atoms with E-state index in [0.717, 1.165) is 30.1 Å². The lowest BCUT2D eigenvalue weighted by Gasteiger charge is -2.30. The largest absolute Gasteiger partial charge is 0.356 e. The molecule has 0 spiro atoms. The molecular weight excluding hydrogens is 352 g/mol. The van der Waals surface area contributed by atoms with Crippen molar-refractivity contribution >= 4 is 5.91 Å². The van der Waals surface area contributed by atoms with Crippen molar-refractivity contribution in [1.82, 2.24) is 20.0 Å². The maximum Gasteiger partial charge on any atom is 0.266 e. The van der Waals surface area contributed by atoms with Crippen molar-refractivity contribution in [3.8, 4) is 11.3 Å². The first-order valence-electron chi connectivity index (χ1n) is 10.2. The molecule has 0 aliphatic carbocycles. The molecule has 1 aliphatic heterocycles. The Morgan fingerprint density at radius 2 is 1.86 bits per heavy atom. The van der Waals surface area contributed by atoms with Gasteiger partial charge in [0.05, 0.1) is 12.2 Å². The minimum atomic E-state index is -0.188. The predicted molar refractivity (Wildman–Crippen MR) is 111 cm³/mol. The van der Waals surface area contributed by atoms with Crippen molar-refractivity contribution < 1.29 is 4.79 Å². The number of piperidine rings is 1. The molecule has 1 aromatic heterocycles. The Bertz CT molecular complexity index is 811. The van der Waals surface area contributed by atoms with Gasteiger partial charge in [0.15, 0.2) is 0 Å². The van der Waals surface area contributed by atoms with E-state index in [1.165, 1.54) is 36.7 Å². The van der Waals surface area contributed by atoms with Crippen molar-refractivity contribution in [3.05, 3.63) is 52.8 Å². The van der Waals surface area contributed by atoms with E-state index in [1.54, 1.807) is 6.07 Å². The summed E-state index contributed by atoms with van der Waals surface area (Å²) in [4.78, 5) is 26.6. The molecule has 0 radical (unpaired) electrons. The third kappa shape index (κ3) is 6.02.